The molecular weight excluding hydrogens is 396 g/mol. The molecule has 9 heteroatoms. The lowest BCUT2D eigenvalue weighted by molar-refractivity contribution is -0.123. The van der Waals surface area contributed by atoms with Crippen LogP contribution in [0, 0.1) is 0 Å². The van der Waals surface area contributed by atoms with Crippen molar-refractivity contribution in [3.63, 3.8) is 0 Å². The van der Waals surface area contributed by atoms with E-state index in [-0.39, 0.29) is 31.4 Å². The molecule has 1 aliphatic heterocycles. The summed E-state index contributed by atoms with van der Waals surface area (Å²) in [6.07, 6.45) is -0.496. The topological polar surface area (TPSA) is 70.2 Å². The van der Waals surface area contributed by atoms with Crippen LogP contribution in [-0.4, -0.2) is 43.4 Å². The minimum absolute atomic E-state index is 0. The number of hydrogen-bond acceptors (Lipinski definition) is 3. The molecule has 1 heterocycles. The zero-order valence-corrected chi connectivity index (χ0v) is 14.5. The molecule has 1 aromatic carbocycles. The van der Waals surface area contributed by atoms with Gasteiger partial charge in [0, 0.05) is 29.5 Å². The predicted molar refractivity (Wildman–Crippen MR) is 88.1 cm³/mol. The zero-order valence-electron chi connectivity index (χ0n) is 12.1. The van der Waals surface area contributed by atoms with E-state index >= 15 is 0 Å². The van der Waals surface area contributed by atoms with Gasteiger partial charge >= 0.3 is 0 Å². The normalized spacial score (nSPS) is 18.8. The largest absolute Gasteiger partial charge is 0.353 e. The fourth-order valence-electron chi connectivity index (χ4n) is 2.09. The van der Waals surface area contributed by atoms with Crippen molar-refractivity contribution >= 4 is 40.2 Å². The van der Waals surface area contributed by atoms with Crippen molar-refractivity contribution in [2.75, 3.05) is 19.6 Å². The van der Waals surface area contributed by atoms with Crippen LogP contribution in [-0.2, 0) is 4.79 Å². The lowest BCUT2D eigenvalue weighted by Crippen LogP contribution is -2.43. The summed E-state index contributed by atoms with van der Waals surface area (Å²) in [7, 11) is 0. The monoisotopic (exact) mass is 411 g/mol. The quantitative estimate of drug-likeness (QED) is 0.645. The van der Waals surface area contributed by atoms with Crippen LogP contribution in [0.2, 0.25) is 0 Å². The average Bonchev–Trinajstić information content (AvgIpc) is 2.84. The molecule has 1 aliphatic rings. The van der Waals surface area contributed by atoms with Gasteiger partial charge in [-0.1, -0.05) is 15.9 Å². The van der Waals surface area contributed by atoms with E-state index in [2.05, 4.69) is 31.9 Å². The van der Waals surface area contributed by atoms with Crippen LogP contribution in [0.4, 0.5) is 8.78 Å². The Morgan fingerprint density at radius 1 is 1.22 bits per heavy atom. The van der Waals surface area contributed by atoms with Gasteiger partial charge in [0.1, 0.15) is 0 Å². The van der Waals surface area contributed by atoms with Gasteiger partial charge in [-0.2, -0.15) is 0 Å². The third-order valence-corrected chi connectivity index (χ3v) is 3.77. The first-order valence-corrected chi connectivity index (χ1v) is 7.59. The lowest BCUT2D eigenvalue weighted by Gasteiger charge is -2.11. The first-order valence-electron chi connectivity index (χ1n) is 6.80. The first kappa shape index (κ1) is 19.8. The molecule has 0 radical (unpaired) electrons. The van der Waals surface area contributed by atoms with E-state index in [1.165, 1.54) is 0 Å². The molecule has 1 aromatic rings. The van der Waals surface area contributed by atoms with Crippen LogP contribution in [0.15, 0.2) is 28.7 Å². The van der Waals surface area contributed by atoms with E-state index in [4.69, 9.17) is 0 Å². The molecular formula is C14H17BrClF2N3O2. The maximum Gasteiger partial charge on any atom is 0.262 e. The molecule has 3 N–H and O–H groups in total. The van der Waals surface area contributed by atoms with Crippen molar-refractivity contribution in [1.82, 2.24) is 16.0 Å². The summed E-state index contributed by atoms with van der Waals surface area (Å²) in [6, 6.07) is 5.97. The van der Waals surface area contributed by atoms with Crippen molar-refractivity contribution < 1.29 is 18.4 Å². The van der Waals surface area contributed by atoms with Gasteiger partial charge in [-0.15, -0.1) is 12.4 Å². The summed E-state index contributed by atoms with van der Waals surface area (Å²) in [5.41, 5.74) is 0.506. The summed E-state index contributed by atoms with van der Waals surface area (Å²) in [5.74, 6) is -3.57. The number of carbonyl (C=O) groups is 2. The highest BCUT2D eigenvalue weighted by Crippen LogP contribution is 2.24. The fourth-order valence-corrected chi connectivity index (χ4v) is 2.35. The van der Waals surface area contributed by atoms with Crippen LogP contribution in [0.5, 0.6) is 0 Å². The third kappa shape index (κ3) is 6.04. The molecule has 2 amide bonds. The van der Waals surface area contributed by atoms with Gasteiger partial charge in [-0.05, 0) is 24.3 Å². The Balaban J connectivity index is 0.00000264. The van der Waals surface area contributed by atoms with Gasteiger partial charge < -0.3 is 10.6 Å². The van der Waals surface area contributed by atoms with Gasteiger partial charge in [0.05, 0.1) is 12.6 Å². The molecule has 0 aromatic heterocycles. The van der Waals surface area contributed by atoms with Crippen molar-refractivity contribution in [2.24, 2.45) is 0 Å². The summed E-state index contributed by atoms with van der Waals surface area (Å²) < 4.78 is 26.8. The van der Waals surface area contributed by atoms with Crippen LogP contribution in [0.1, 0.15) is 16.8 Å². The molecule has 0 aliphatic carbocycles. The van der Waals surface area contributed by atoms with Crippen molar-refractivity contribution in [3.05, 3.63) is 34.3 Å². The zero-order chi connectivity index (χ0) is 16.2. The van der Waals surface area contributed by atoms with Crippen molar-refractivity contribution in [1.29, 1.82) is 0 Å². The summed E-state index contributed by atoms with van der Waals surface area (Å²) in [5, 5.41) is 7.64. The van der Waals surface area contributed by atoms with Gasteiger partial charge in [-0.3, -0.25) is 14.9 Å². The Morgan fingerprint density at radius 3 is 2.39 bits per heavy atom. The molecule has 0 spiro atoms. The smallest absolute Gasteiger partial charge is 0.262 e. The van der Waals surface area contributed by atoms with Crippen LogP contribution < -0.4 is 16.0 Å². The van der Waals surface area contributed by atoms with E-state index in [0.717, 1.165) is 4.47 Å². The van der Waals surface area contributed by atoms with E-state index in [1.807, 2.05) is 0 Å². The standard InChI is InChI=1S/C14H16BrF2N3O2.ClH/c15-10-3-1-9(2-4-10)12(21)18-5-6-19-13(22)11-7-14(16,17)8-20-11;/h1-4,11,20H,5-8H2,(H,18,21)(H,19,22);1H. The Bertz CT molecular complexity index is 557. The molecule has 5 nitrogen and oxygen atoms in total. The van der Waals surface area contributed by atoms with Gasteiger partial charge in [0.2, 0.25) is 5.91 Å². The first-order chi connectivity index (χ1) is 10.4. The third-order valence-electron chi connectivity index (χ3n) is 3.24. The number of rotatable bonds is 5. The van der Waals surface area contributed by atoms with Gasteiger partial charge in [0.15, 0.2) is 0 Å². The van der Waals surface area contributed by atoms with Crippen LogP contribution in [0.3, 0.4) is 0 Å². The average molecular weight is 413 g/mol. The maximum absolute atomic E-state index is 13.0. The van der Waals surface area contributed by atoms with E-state index in [9.17, 15) is 18.4 Å². The molecule has 1 unspecified atom stereocenters. The summed E-state index contributed by atoms with van der Waals surface area (Å²) >= 11 is 3.28. The van der Waals surface area contributed by atoms with E-state index in [1.54, 1.807) is 24.3 Å². The number of hydrogen-bond donors (Lipinski definition) is 3. The second-order valence-corrected chi connectivity index (χ2v) is 5.96. The molecule has 128 valence electrons. The molecule has 1 atom stereocenters. The number of nitrogens with one attached hydrogen (secondary N) is 3. The number of alkyl halides is 2. The highest BCUT2D eigenvalue weighted by Gasteiger charge is 2.42. The number of amides is 2. The second kappa shape index (κ2) is 8.56. The van der Waals surface area contributed by atoms with Crippen LogP contribution in [0.25, 0.3) is 0 Å². The fraction of sp³-hybridized carbons (Fsp3) is 0.429. The van der Waals surface area contributed by atoms with Crippen molar-refractivity contribution in [2.45, 2.75) is 18.4 Å². The molecule has 0 bridgehead atoms. The molecule has 1 fully saturated rings. The highest BCUT2D eigenvalue weighted by molar-refractivity contribution is 9.10. The minimum atomic E-state index is -2.84. The van der Waals surface area contributed by atoms with Crippen LogP contribution >= 0.6 is 28.3 Å². The second-order valence-electron chi connectivity index (χ2n) is 5.05. The van der Waals surface area contributed by atoms with Crippen molar-refractivity contribution in [3.8, 4) is 0 Å². The molecule has 2 rings (SSSR count). The lowest BCUT2D eigenvalue weighted by atomic mass is 10.2. The summed E-state index contributed by atoms with van der Waals surface area (Å²) in [4.78, 5) is 23.5. The van der Waals surface area contributed by atoms with E-state index in [0.29, 0.717) is 5.56 Å². The Morgan fingerprint density at radius 2 is 1.83 bits per heavy atom. The number of benzene rings is 1. The van der Waals surface area contributed by atoms with E-state index < -0.39 is 30.8 Å². The maximum atomic E-state index is 13.0. The SMILES string of the molecule is Cl.O=C(NCCNC(=O)C1CC(F)(F)CN1)c1ccc(Br)cc1. The number of carbonyl (C=O) groups excluding carboxylic acids is 2. The highest BCUT2D eigenvalue weighted by atomic mass is 79.9. The number of halogens is 4. The van der Waals surface area contributed by atoms with Gasteiger partial charge in [-0.25, -0.2) is 8.78 Å². The Hall–Kier alpha value is -1.25. The minimum Gasteiger partial charge on any atom is -0.353 e. The predicted octanol–water partition coefficient (Wildman–Crippen LogP) is 1.71. The molecule has 1 saturated heterocycles. The Kier molecular flexibility index (Phi) is 7.37. The van der Waals surface area contributed by atoms with Gasteiger partial charge in [0.25, 0.3) is 11.8 Å². The summed E-state index contributed by atoms with van der Waals surface area (Å²) in [6.45, 7) is -0.0695. The molecule has 23 heavy (non-hydrogen) atoms. The molecule has 0 saturated carbocycles. The Labute approximate surface area is 147 Å².